The Morgan fingerprint density at radius 1 is 1.78 bits per heavy atom. The normalized spacial score (nSPS) is 14.0. The Morgan fingerprint density at radius 2 is 2.33 bits per heavy atom. The van der Waals surface area contributed by atoms with E-state index in [-0.39, 0.29) is 5.91 Å². The number of carbonyl (C=O) groups is 1. The molecule has 0 aromatic carbocycles. The molecule has 0 heterocycles. The van der Waals surface area contributed by atoms with E-state index in [1.807, 2.05) is 13.0 Å². The van der Waals surface area contributed by atoms with Crippen LogP contribution in [-0.2, 0) is 4.79 Å². The molecule has 0 saturated carbocycles. The van der Waals surface area contributed by atoms with E-state index >= 15 is 0 Å². The van der Waals surface area contributed by atoms with E-state index < -0.39 is 0 Å². The maximum atomic E-state index is 10.2. The first kappa shape index (κ1) is 8.21. The predicted octanol–water partition coefficient (Wildman–Crippen LogP) is 1.07. The molecule has 0 aliphatic carbocycles. The van der Waals surface area contributed by atoms with E-state index in [0.717, 1.165) is 6.42 Å². The second-order valence-corrected chi connectivity index (χ2v) is 2.15. The molecule has 2 nitrogen and oxygen atoms in total. The van der Waals surface area contributed by atoms with Crippen molar-refractivity contribution in [3.05, 3.63) is 12.2 Å². The highest BCUT2D eigenvalue weighted by molar-refractivity contribution is 5.85. The van der Waals surface area contributed by atoms with Gasteiger partial charge in [-0.3, -0.25) is 4.79 Å². The lowest BCUT2D eigenvalue weighted by Crippen LogP contribution is -2.06. The average molecular weight is 127 g/mol. The average Bonchev–Trinajstić information content (AvgIpc) is 1.83. The van der Waals surface area contributed by atoms with Gasteiger partial charge in [-0.1, -0.05) is 26.3 Å². The summed E-state index contributed by atoms with van der Waals surface area (Å²) in [4.78, 5) is 10.2. The number of rotatable bonds is 3. The highest BCUT2D eigenvalue weighted by Gasteiger charge is 1.90. The summed E-state index contributed by atoms with van der Waals surface area (Å²) in [5, 5.41) is 0. The summed E-state index contributed by atoms with van der Waals surface area (Å²) in [5.74, 6) is 0.0906. The lowest BCUT2D eigenvalue weighted by Gasteiger charge is -1.96. The van der Waals surface area contributed by atoms with Crippen molar-refractivity contribution in [3.63, 3.8) is 0 Å². The fourth-order valence-corrected chi connectivity index (χ4v) is 0.395. The molecule has 0 fully saturated rings. The van der Waals surface area contributed by atoms with Crippen molar-refractivity contribution < 1.29 is 4.79 Å². The van der Waals surface area contributed by atoms with Crippen molar-refractivity contribution in [2.24, 2.45) is 11.7 Å². The van der Waals surface area contributed by atoms with Crippen LogP contribution in [0.2, 0.25) is 0 Å². The van der Waals surface area contributed by atoms with Gasteiger partial charge >= 0.3 is 0 Å². The highest BCUT2D eigenvalue weighted by Crippen LogP contribution is 2.00. The minimum atomic E-state index is -0.365. The van der Waals surface area contributed by atoms with Gasteiger partial charge in [-0.2, -0.15) is 0 Å². The molecule has 0 radical (unpaired) electrons. The first-order valence-electron chi connectivity index (χ1n) is 3.14. The number of nitrogens with two attached hydrogens (primary N) is 1. The van der Waals surface area contributed by atoms with E-state index in [0.29, 0.717) is 5.92 Å². The SMILES string of the molecule is CCC(C)/C=C/C(N)=O. The van der Waals surface area contributed by atoms with Gasteiger partial charge in [0.2, 0.25) is 5.91 Å². The van der Waals surface area contributed by atoms with Crippen LogP contribution in [0.5, 0.6) is 0 Å². The number of primary amides is 1. The third-order valence-corrected chi connectivity index (χ3v) is 1.23. The molecule has 2 N–H and O–H groups in total. The quantitative estimate of drug-likeness (QED) is 0.566. The van der Waals surface area contributed by atoms with E-state index in [4.69, 9.17) is 5.73 Å². The maximum absolute atomic E-state index is 10.2. The minimum Gasteiger partial charge on any atom is -0.366 e. The molecular formula is C7H13NO. The summed E-state index contributed by atoms with van der Waals surface area (Å²) in [6.45, 7) is 4.11. The van der Waals surface area contributed by atoms with Crippen LogP contribution in [0.4, 0.5) is 0 Å². The second-order valence-electron chi connectivity index (χ2n) is 2.15. The molecule has 0 aromatic heterocycles. The number of amides is 1. The molecule has 1 amide bonds. The summed E-state index contributed by atoms with van der Waals surface area (Å²) in [6, 6.07) is 0. The van der Waals surface area contributed by atoms with Gasteiger partial charge in [0.05, 0.1) is 0 Å². The van der Waals surface area contributed by atoms with E-state index in [2.05, 4.69) is 6.92 Å². The summed E-state index contributed by atoms with van der Waals surface area (Å²) < 4.78 is 0. The van der Waals surface area contributed by atoms with Crippen LogP contribution in [0, 0.1) is 5.92 Å². The maximum Gasteiger partial charge on any atom is 0.241 e. The molecule has 0 saturated heterocycles. The van der Waals surface area contributed by atoms with E-state index in [1.165, 1.54) is 6.08 Å². The molecule has 0 aromatic rings. The lowest BCUT2D eigenvalue weighted by atomic mass is 10.1. The van der Waals surface area contributed by atoms with Crippen molar-refractivity contribution >= 4 is 5.91 Å². The third kappa shape index (κ3) is 5.07. The number of allylic oxidation sites excluding steroid dienone is 1. The molecule has 1 unspecified atom stereocenters. The molecule has 0 bridgehead atoms. The minimum absolute atomic E-state index is 0.365. The van der Waals surface area contributed by atoms with Crippen molar-refractivity contribution in [1.29, 1.82) is 0 Å². The van der Waals surface area contributed by atoms with Crippen LogP contribution in [-0.4, -0.2) is 5.91 Å². The summed E-state index contributed by atoms with van der Waals surface area (Å²) >= 11 is 0. The van der Waals surface area contributed by atoms with Gasteiger partial charge in [-0.05, 0) is 12.0 Å². The number of hydrogen-bond donors (Lipinski definition) is 1. The summed E-state index contributed by atoms with van der Waals surface area (Å²) in [6.07, 6.45) is 4.28. The van der Waals surface area contributed by atoms with Gasteiger partial charge in [0.25, 0.3) is 0 Å². The number of hydrogen-bond acceptors (Lipinski definition) is 1. The molecule has 0 spiro atoms. The molecule has 2 heteroatoms. The highest BCUT2D eigenvalue weighted by atomic mass is 16.1. The van der Waals surface area contributed by atoms with Crippen molar-refractivity contribution in [2.45, 2.75) is 20.3 Å². The zero-order valence-corrected chi connectivity index (χ0v) is 5.92. The smallest absolute Gasteiger partial charge is 0.241 e. The van der Waals surface area contributed by atoms with Crippen LogP contribution in [0.25, 0.3) is 0 Å². The van der Waals surface area contributed by atoms with E-state index in [1.54, 1.807) is 0 Å². The van der Waals surface area contributed by atoms with Gasteiger partial charge < -0.3 is 5.73 Å². The fourth-order valence-electron chi connectivity index (χ4n) is 0.395. The Morgan fingerprint density at radius 3 is 2.67 bits per heavy atom. The van der Waals surface area contributed by atoms with Crippen LogP contribution in [0.15, 0.2) is 12.2 Å². The molecular weight excluding hydrogens is 114 g/mol. The summed E-state index contributed by atoms with van der Waals surface area (Å²) in [5.41, 5.74) is 4.87. The van der Waals surface area contributed by atoms with Crippen LogP contribution >= 0.6 is 0 Å². The van der Waals surface area contributed by atoms with E-state index in [9.17, 15) is 4.79 Å². The van der Waals surface area contributed by atoms with Crippen LogP contribution in [0.3, 0.4) is 0 Å². The first-order valence-corrected chi connectivity index (χ1v) is 3.14. The standard InChI is InChI=1S/C7H13NO/c1-3-6(2)4-5-7(8)9/h4-6H,3H2,1-2H3,(H2,8,9)/b5-4+. The Bertz CT molecular complexity index is 118. The predicted molar refractivity (Wildman–Crippen MR) is 37.8 cm³/mol. The van der Waals surface area contributed by atoms with Crippen molar-refractivity contribution in [3.8, 4) is 0 Å². The van der Waals surface area contributed by atoms with Crippen LogP contribution < -0.4 is 5.73 Å². The Balaban J connectivity index is 3.56. The molecule has 52 valence electrons. The monoisotopic (exact) mass is 127 g/mol. The molecule has 0 aliphatic rings. The number of carbonyl (C=O) groups excluding carboxylic acids is 1. The Hall–Kier alpha value is -0.790. The molecule has 9 heavy (non-hydrogen) atoms. The first-order chi connectivity index (χ1) is 4.16. The largest absolute Gasteiger partial charge is 0.366 e. The zero-order valence-electron chi connectivity index (χ0n) is 5.92. The van der Waals surface area contributed by atoms with Crippen molar-refractivity contribution in [2.75, 3.05) is 0 Å². The van der Waals surface area contributed by atoms with Gasteiger partial charge in [0, 0.05) is 0 Å². The molecule has 0 rings (SSSR count). The van der Waals surface area contributed by atoms with Crippen molar-refractivity contribution in [1.82, 2.24) is 0 Å². The van der Waals surface area contributed by atoms with Gasteiger partial charge in [0.15, 0.2) is 0 Å². The van der Waals surface area contributed by atoms with Gasteiger partial charge in [-0.25, -0.2) is 0 Å². The zero-order chi connectivity index (χ0) is 7.28. The Kier molecular flexibility index (Phi) is 3.76. The fraction of sp³-hybridized carbons (Fsp3) is 0.571. The Labute approximate surface area is 55.7 Å². The van der Waals surface area contributed by atoms with Crippen LogP contribution in [0.1, 0.15) is 20.3 Å². The lowest BCUT2D eigenvalue weighted by molar-refractivity contribution is -0.113. The van der Waals surface area contributed by atoms with Gasteiger partial charge in [0.1, 0.15) is 0 Å². The third-order valence-electron chi connectivity index (χ3n) is 1.23. The summed E-state index contributed by atoms with van der Waals surface area (Å²) in [7, 11) is 0. The second kappa shape index (κ2) is 4.13. The molecule has 1 atom stereocenters. The topological polar surface area (TPSA) is 43.1 Å². The molecule has 0 aliphatic heterocycles. The van der Waals surface area contributed by atoms with Gasteiger partial charge in [-0.15, -0.1) is 0 Å².